The summed E-state index contributed by atoms with van der Waals surface area (Å²) in [4.78, 5) is 22.9. The van der Waals surface area contributed by atoms with Crippen LogP contribution in [0.25, 0.3) is 0 Å². The van der Waals surface area contributed by atoms with E-state index < -0.39 is 5.97 Å². The summed E-state index contributed by atoms with van der Waals surface area (Å²) in [5, 5.41) is 13.3. The van der Waals surface area contributed by atoms with Crippen molar-refractivity contribution in [3.05, 3.63) is 51.7 Å². The maximum Gasteiger partial charge on any atom is 0.348 e. The van der Waals surface area contributed by atoms with Crippen molar-refractivity contribution in [3.63, 3.8) is 0 Å². The first-order valence-corrected chi connectivity index (χ1v) is 7.10. The predicted octanol–water partition coefficient (Wildman–Crippen LogP) is 3.33. The summed E-state index contributed by atoms with van der Waals surface area (Å²) < 4.78 is 0. The largest absolute Gasteiger partial charge is 0.477 e. The third-order valence-electron chi connectivity index (χ3n) is 2.86. The smallest absolute Gasteiger partial charge is 0.348 e. The number of aromatic carboxylic acids is 1. The van der Waals surface area contributed by atoms with Crippen LogP contribution >= 0.6 is 11.3 Å². The summed E-state index contributed by atoms with van der Waals surface area (Å²) in [5.74, 6) is -1.19. The van der Waals surface area contributed by atoms with E-state index >= 15 is 0 Å². The number of benzene rings is 1. The monoisotopic (exact) mass is 289 g/mol. The van der Waals surface area contributed by atoms with E-state index in [0.717, 1.165) is 22.5 Å². The lowest BCUT2D eigenvalue weighted by molar-refractivity contribution is -0.116. The van der Waals surface area contributed by atoms with Crippen molar-refractivity contribution >= 4 is 28.9 Å². The highest BCUT2D eigenvalue weighted by Gasteiger charge is 2.13. The Kier molecular flexibility index (Phi) is 4.53. The average Bonchev–Trinajstić information content (AvgIpc) is 2.85. The number of hydrogen-bond acceptors (Lipinski definition) is 3. The molecule has 5 heteroatoms. The molecule has 0 saturated carbocycles. The van der Waals surface area contributed by atoms with Crippen molar-refractivity contribution in [1.82, 2.24) is 0 Å². The second-order valence-electron chi connectivity index (χ2n) is 4.51. The van der Waals surface area contributed by atoms with Gasteiger partial charge in [-0.3, -0.25) is 4.79 Å². The standard InChI is InChI=1S/C15H15NO3S/c1-10-3-2-4-11(9-10)5-6-13(17)16-12-7-8-20-14(12)15(18)19/h2-4,7-9H,5-6H2,1H3,(H,16,17)(H,18,19). The van der Waals surface area contributed by atoms with Gasteiger partial charge >= 0.3 is 5.97 Å². The molecule has 0 unspecified atom stereocenters. The van der Waals surface area contributed by atoms with Crippen LogP contribution in [0.2, 0.25) is 0 Å². The minimum Gasteiger partial charge on any atom is -0.477 e. The average molecular weight is 289 g/mol. The molecule has 0 aliphatic carbocycles. The number of carbonyl (C=O) groups is 2. The summed E-state index contributed by atoms with van der Waals surface area (Å²) in [6.45, 7) is 2.01. The molecule has 0 spiro atoms. The number of amides is 1. The van der Waals surface area contributed by atoms with Crippen molar-refractivity contribution in [2.45, 2.75) is 19.8 Å². The predicted molar refractivity (Wildman–Crippen MR) is 79.4 cm³/mol. The minimum atomic E-state index is -1.02. The van der Waals surface area contributed by atoms with Gasteiger partial charge in [0.25, 0.3) is 0 Å². The van der Waals surface area contributed by atoms with Gasteiger partial charge in [-0.2, -0.15) is 0 Å². The van der Waals surface area contributed by atoms with Crippen LogP contribution in [-0.2, 0) is 11.2 Å². The molecule has 0 saturated heterocycles. The maximum absolute atomic E-state index is 11.8. The summed E-state index contributed by atoms with van der Waals surface area (Å²) in [7, 11) is 0. The van der Waals surface area contributed by atoms with Crippen molar-refractivity contribution in [1.29, 1.82) is 0 Å². The van der Waals surface area contributed by atoms with Crippen LogP contribution in [0.4, 0.5) is 5.69 Å². The summed E-state index contributed by atoms with van der Waals surface area (Å²) in [6, 6.07) is 9.60. The molecule has 0 bridgehead atoms. The van der Waals surface area contributed by atoms with E-state index in [1.54, 1.807) is 11.4 Å². The third kappa shape index (κ3) is 3.68. The first-order valence-electron chi connectivity index (χ1n) is 6.22. The summed E-state index contributed by atoms with van der Waals surface area (Å²) >= 11 is 1.10. The van der Waals surface area contributed by atoms with Gasteiger partial charge in [0.2, 0.25) is 5.91 Å². The molecule has 2 aromatic rings. The third-order valence-corrected chi connectivity index (χ3v) is 3.76. The van der Waals surface area contributed by atoms with Crippen LogP contribution in [0.5, 0.6) is 0 Å². The highest BCUT2D eigenvalue weighted by atomic mass is 32.1. The minimum absolute atomic E-state index is 0.161. The lowest BCUT2D eigenvalue weighted by Crippen LogP contribution is -2.13. The fraction of sp³-hybridized carbons (Fsp3) is 0.200. The molecule has 20 heavy (non-hydrogen) atoms. The van der Waals surface area contributed by atoms with Gasteiger partial charge in [0, 0.05) is 6.42 Å². The number of carbonyl (C=O) groups excluding carboxylic acids is 1. The maximum atomic E-state index is 11.8. The molecule has 1 aromatic carbocycles. The fourth-order valence-electron chi connectivity index (χ4n) is 1.91. The van der Waals surface area contributed by atoms with Crippen LogP contribution in [0, 0.1) is 6.92 Å². The first kappa shape index (κ1) is 14.3. The van der Waals surface area contributed by atoms with Gasteiger partial charge in [-0.15, -0.1) is 11.3 Å². The molecule has 0 aliphatic rings. The fourth-order valence-corrected chi connectivity index (χ4v) is 2.60. The number of carboxylic acids is 1. The molecular formula is C15H15NO3S. The Bertz CT molecular complexity index is 634. The molecule has 0 atom stereocenters. The van der Waals surface area contributed by atoms with Gasteiger partial charge in [-0.05, 0) is 30.4 Å². The molecule has 0 aliphatic heterocycles. The summed E-state index contributed by atoms with van der Waals surface area (Å²) in [6.07, 6.45) is 0.971. The zero-order valence-corrected chi connectivity index (χ0v) is 11.9. The number of rotatable bonds is 5. The van der Waals surface area contributed by atoms with E-state index in [1.807, 2.05) is 31.2 Å². The Morgan fingerprint density at radius 2 is 2.10 bits per heavy atom. The highest BCUT2D eigenvalue weighted by molar-refractivity contribution is 7.12. The van der Waals surface area contributed by atoms with Gasteiger partial charge in [-0.1, -0.05) is 29.8 Å². The van der Waals surface area contributed by atoms with Crippen molar-refractivity contribution < 1.29 is 14.7 Å². The highest BCUT2D eigenvalue weighted by Crippen LogP contribution is 2.22. The van der Waals surface area contributed by atoms with Gasteiger partial charge in [0.05, 0.1) is 5.69 Å². The normalized spacial score (nSPS) is 10.2. The van der Waals surface area contributed by atoms with Crippen LogP contribution in [0.3, 0.4) is 0 Å². The number of carboxylic acid groups (broad SMARTS) is 1. The van der Waals surface area contributed by atoms with Gasteiger partial charge < -0.3 is 10.4 Å². The zero-order valence-electron chi connectivity index (χ0n) is 11.1. The number of aryl methyl sites for hydroxylation is 2. The molecule has 2 rings (SSSR count). The molecule has 0 radical (unpaired) electrons. The van der Waals surface area contributed by atoms with Gasteiger partial charge in [-0.25, -0.2) is 4.79 Å². The van der Waals surface area contributed by atoms with Gasteiger partial charge in [0.1, 0.15) is 4.88 Å². The molecule has 1 heterocycles. The van der Waals surface area contributed by atoms with Crippen molar-refractivity contribution in [2.75, 3.05) is 5.32 Å². The number of nitrogens with one attached hydrogen (secondary N) is 1. The number of hydrogen-bond donors (Lipinski definition) is 2. The Labute approximate surface area is 121 Å². The lowest BCUT2D eigenvalue weighted by Gasteiger charge is -2.05. The van der Waals surface area contributed by atoms with Crippen molar-refractivity contribution in [2.24, 2.45) is 0 Å². The Balaban J connectivity index is 1.93. The second-order valence-corrected chi connectivity index (χ2v) is 5.42. The molecule has 104 valence electrons. The van der Waals surface area contributed by atoms with E-state index in [-0.39, 0.29) is 10.8 Å². The van der Waals surface area contributed by atoms with Crippen LogP contribution in [0.1, 0.15) is 27.2 Å². The molecule has 0 fully saturated rings. The Morgan fingerprint density at radius 1 is 1.30 bits per heavy atom. The number of anilines is 1. The Hall–Kier alpha value is -2.14. The Morgan fingerprint density at radius 3 is 2.80 bits per heavy atom. The quantitative estimate of drug-likeness (QED) is 0.887. The molecule has 2 N–H and O–H groups in total. The zero-order chi connectivity index (χ0) is 14.5. The van der Waals surface area contributed by atoms with E-state index in [2.05, 4.69) is 5.32 Å². The van der Waals surface area contributed by atoms with Gasteiger partial charge in [0.15, 0.2) is 0 Å². The lowest BCUT2D eigenvalue weighted by atomic mass is 10.1. The topological polar surface area (TPSA) is 66.4 Å². The number of thiophene rings is 1. The van der Waals surface area contributed by atoms with E-state index in [1.165, 1.54) is 0 Å². The first-order chi connectivity index (χ1) is 9.56. The van der Waals surface area contributed by atoms with Crippen molar-refractivity contribution in [3.8, 4) is 0 Å². The van der Waals surface area contributed by atoms with Crippen LogP contribution in [-0.4, -0.2) is 17.0 Å². The SMILES string of the molecule is Cc1cccc(CCC(=O)Nc2ccsc2C(=O)O)c1. The molecule has 4 nitrogen and oxygen atoms in total. The van der Waals surface area contributed by atoms with E-state index in [0.29, 0.717) is 18.5 Å². The second kappa shape index (κ2) is 6.34. The van der Waals surface area contributed by atoms with E-state index in [9.17, 15) is 9.59 Å². The van der Waals surface area contributed by atoms with Crippen LogP contribution in [0.15, 0.2) is 35.7 Å². The molecule has 1 amide bonds. The molecule has 1 aromatic heterocycles. The summed E-state index contributed by atoms with van der Waals surface area (Å²) in [5.41, 5.74) is 2.63. The van der Waals surface area contributed by atoms with E-state index in [4.69, 9.17) is 5.11 Å². The molecular weight excluding hydrogens is 274 g/mol. The van der Waals surface area contributed by atoms with Crippen LogP contribution < -0.4 is 5.32 Å².